The lowest BCUT2D eigenvalue weighted by Crippen LogP contribution is -2.52. The summed E-state index contributed by atoms with van der Waals surface area (Å²) >= 11 is 1.72. The molecule has 3 heterocycles. The number of hydrogen-bond acceptors (Lipinski definition) is 8. The quantitative estimate of drug-likeness (QED) is 0.780. The predicted octanol–water partition coefficient (Wildman–Crippen LogP) is 3.32. The summed E-state index contributed by atoms with van der Waals surface area (Å²) in [5, 5.41) is 0. The van der Waals surface area contributed by atoms with E-state index in [2.05, 4.69) is 50.8 Å². The first kappa shape index (κ1) is 20.4. The lowest BCUT2D eigenvalue weighted by Gasteiger charge is -2.42. The second-order valence-corrected chi connectivity index (χ2v) is 11.1. The van der Waals surface area contributed by atoms with Crippen molar-refractivity contribution in [2.75, 3.05) is 36.8 Å². The molecular weight excluding hydrogens is 404 g/mol. The highest BCUT2D eigenvalue weighted by molar-refractivity contribution is 7.92. The highest BCUT2D eigenvalue weighted by Crippen LogP contribution is 2.38. The summed E-state index contributed by atoms with van der Waals surface area (Å²) in [6, 6.07) is 0.444. The average molecular weight is 433 g/mol. The van der Waals surface area contributed by atoms with Crippen LogP contribution in [0.25, 0.3) is 6.08 Å². The summed E-state index contributed by atoms with van der Waals surface area (Å²) in [6.45, 7) is 9.99. The van der Waals surface area contributed by atoms with Crippen molar-refractivity contribution < 1.29 is 4.21 Å². The number of thiazole rings is 1. The Balaban J connectivity index is 1.38. The van der Waals surface area contributed by atoms with Crippen molar-refractivity contribution in [3.8, 4) is 0 Å². The first-order chi connectivity index (χ1) is 13.9. The van der Waals surface area contributed by atoms with Gasteiger partial charge in [0.05, 0.1) is 30.7 Å². The van der Waals surface area contributed by atoms with Gasteiger partial charge in [-0.05, 0) is 13.0 Å². The topological polar surface area (TPSA) is 86.1 Å². The molecule has 0 spiro atoms. The molecule has 0 saturated carbocycles. The molecule has 1 saturated heterocycles. The van der Waals surface area contributed by atoms with Crippen molar-refractivity contribution in [2.45, 2.75) is 37.6 Å². The normalized spacial score (nSPS) is 25.4. The molecular formula is C20H28N6OS2. The Bertz CT molecular complexity index is 977. The number of nitrogens with one attached hydrogen (secondary N) is 1. The fraction of sp³-hybridized carbons (Fsp3) is 0.550. The standard InChI is InChI=1S/C20H28N6OS2/c1-4-29(21,27)16-11-22-20(23-12-16)26-9-7-25(8-10-26)15(3)17-5-6-18-19(14(17)2)24-13-28-18/h5-6,11-15,17,21H,4,7-10H2,1-3H3. The van der Waals surface area contributed by atoms with E-state index in [9.17, 15) is 4.21 Å². The minimum Gasteiger partial charge on any atom is -0.338 e. The predicted molar refractivity (Wildman–Crippen MR) is 118 cm³/mol. The number of nitrogens with zero attached hydrogens (tertiary/aromatic N) is 5. The number of rotatable bonds is 5. The summed E-state index contributed by atoms with van der Waals surface area (Å²) in [5.74, 6) is 1.84. The zero-order valence-corrected chi connectivity index (χ0v) is 18.7. The molecule has 29 heavy (non-hydrogen) atoms. The third-order valence-electron chi connectivity index (χ3n) is 6.23. The van der Waals surface area contributed by atoms with E-state index in [0.717, 1.165) is 26.2 Å². The van der Waals surface area contributed by atoms with E-state index in [0.29, 0.717) is 28.7 Å². The largest absolute Gasteiger partial charge is 0.338 e. The lowest BCUT2D eigenvalue weighted by atomic mass is 9.81. The van der Waals surface area contributed by atoms with Crippen LogP contribution in [-0.4, -0.2) is 62.0 Å². The van der Waals surface area contributed by atoms with E-state index in [4.69, 9.17) is 4.78 Å². The molecule has 1 N–H and O–H groups in total. The van der Waals surface area contributed by atoms with Crippen molar-refractivity contribution in [3.05, 3.63) is 34.6 Å². The molecule has 1 aliphatic heterocycles. The molecule has 1 aliphatic carbocycles. The summed E-state index contributed by atoms with van der Waals surface area (Å²) in [7, 11) is -2.76. The van der Waals surface area contributed by atoms with Crippen molar-refractivity contribution in [1.29, 1.82) is 4.78 Å². The van der Waals surface area contributed by atoms with Crippen molar-refractivity contribution in [2.24, 2.45) is 5.92 Å². The molecule has 156 valence electrons. The van der Waals surface area contributed by atoms with Gasteiger partial charge in [-0.15, -0.1) is 11.3 Å². The Labute approximate surface area is 176 Å². The van der Waals surface area contributed by atoms with Crippen LogP contribution >= 0.6 is 11.3 Å². The summed E-state index contributed by atoms with van der Waals surface area (Å²) in [5.41, 5.74) is 3.18. The lowest BCUT2D eigenvalue weighted by molar-refractivity contribution is 0.152. The van der Waals surface area contributed by atoms with Crippen LogP contribution in [0, 0.1) is 10.7 Å². The summed E-state index contributed by atoms with van der Waals surface area (Å²) in [6.07, 6.45) is 7.70. The Morgan fingerprint density at radius 1 is 1.24 bits per heavy atom. The van der Waals surface area contributed by atoms with E-state index in [1.807, 2.05) is 5.51 Å². The van der Waals surface area contributed by atoms with E-state index < -0.39 is 9.73 Å². The van der Waals surface area contributed by atoms with Gasteiger partial charge in [-0.1, -0.05) is 19.9 Å². The maximum absolute atomic E-state index is 12.2. The minimum atomic E-state index is -2.76. The molecule has 2 aromatic heterocycles. The van der Waals surface area contributed by atoms with E-state index in [1.54, 1.807) is 30.7 Å². The van der Waals surface area contributed by atoms with Crippen LogP contribution in [0.2, 0.25) is 0 Å². The molecule has 1 fully saturated rings. The van der Waals surface area contributed by atoms with Gasteiger partial charge in [0.1, 0.15) is 0 Å². The van der Waals surface area contributed by atoms with Crippen LogP contribution in [0.15, 0.2) is 28.9 Å². The van der Waals surface area contributed by atoms with Crippen molar-refractivity contribution >= 4 is 33.1 Å². The fourth-order valence-corrected chi connectivity index (χ4v) is 5.81. The zero-order valence-electron chi connectivity index (χ0n) is 17.1. The van der Waals surface area contributed by atoms with Crippen LogP contribution in [0.3, 0.4) is 0 Å². The molecule has 9 heteroatoms. The highest BCUT2D eigenvalue weighted by atomic mass is 32.2. The van der Waals surface area contributed by atoms with Gasteiger partial charge in [0.15, 0.2) is 0 Å². The fourth-order valence-electron chi connectivity index (χ4n) is 4.24. The average Bonchev–Trinajstić information content (AvgIpc) is 3.24. The number of fused-ring (bicyclic) bond motifs is 1. The van der Waals surface area contributed by atoms with Gasteiger partial charge < -0.3 is 4.90 Å². The summed E-state index contributed by atoms with van der Waals surface area (Å²) in [4.78, 5) is 19.8. The third-order valence-corrected chi connectivity index (χ3v) is 8.83. The molecule has 7 nitrogen and oxygen atoms in total. The zero-order chi connectivity index (χ0) is 20.6. The molecule has 0 amide bonds. The van der Waals surface area contributed by atoms with Gasteiger partial charge in [-0.25, -0.2) is 23.9 Å². The van der Waals surface area contributed by atoms with Crippen LogP contribution in [0.1, 0.15) is 37.3 Å². The molecule has 4 rings (SSSR count). The van der Waals surface area contributed by atoms with Crippen LogP contribution in [-0.2, 0) is 9.73 Å². The van der Waals surface area contributed by atoms with Gasteiger partial charge in [0, 0.05) is 62.2 Å². The second kappa shape index (κ2) is 8.12. The Morgan fingerprint density at radius 2 is 1.93 bits per heavy atom. The molecule has 4 unspecified atom stereocenters. The number of piperazine rings is 1. The van der Waals surface area contributed by atoms with Gasteiger partial charge in [-0.3, -0.25) is 4.90 Å². The summed E-state index contributed by atoms with van der Waals surface area (Å²) < 4.78 is 20.0. The Hall–Kier alpha value is -1.84. The number of hydrogen-bond donors (Lipinski definition) is 1. The van der Waals surface area contributed by atoms with Crippen LogP contribution in [0.5, 0.6) is 0 Å². The Morgan fingerprint density at radius 3 is 2.59 bits per heavy atom. The molecule has 0 aromatic carbocycles. The molecule has 4 atom stereocenters. The molecule has 0 radical (unpaired) electrons. The SMILES string of the molecule is CCS(=N)(=O)c1cnc(N2CCN(C(C)C3C=Cc4scnc4C3C)CC2)nc1. The van der Waals surface area contributed by atoms with Gasteiger partial charge >= 0.3 is 0 Å². The second-order valence-electron chi connectivity index (χ2n) is 7.77. The smallest absolute Gasteiger partial charge is 0.225 e. The maximum atomic E-state index is 12.2. The van der Waals surface area contributed by atoms with E-state index in [-0.39, 0.29) is 5.75 Å². The molecule has 0 bridgehead atoms. The molecule has 2 aromatic rings. The van der Waals surface area contributed by atoms with E-state index >= 15 is 0 Å². The number of aromatic nitrogens is 3. The molecule has 2 aliphatic rings. The van der Waals surface area contributed by atoms with Crippen molar-refractivity contribution in [3.63, 3.8) is 0 Å². The van der Waals surface area contributed by atoms with Crippen LogP contribution < -0.4 is 4.90 Å². The van der Waals surface area contributed by atoms with Gasteiger partial charge in [0.25, 0.3) is 0 Å². The maximum Gasteiger partial charge on any atom is 0.225 e. The van der Waals surface area contributed by atoms with Crippen molar-refractivity contribution in [1.82, 2.24) is 19.9 Å². The number of anilines is 1. The van der Waals surface area contributed by atoms with Gasteiger partial charge in [-0.2, -0.15) is 0 Å². The monoisotopic (exact) mass is 432 g/mol. The highest BCUT2D eigenvalue weighted by Gasteiger charge is 2.33. The van der Waals surface area contributed by atoms with Crippen LogP contribution in [0.4, 0.5) is 5.95 Å². The van der Waals surface area contributed by atoms with Gasteiger partial charge in [0.2, 0.25) is 5.95 Å². The van der Waals surface area contributed by atoms with E-state index in [1.165, 1.54) is 10.6 Å². The first-order valence-electron chi connectivity index (χ1n) is 10.1. The first-order valence-corrected chi connectivity index (χ1v) is 12.7. The minimum absolute atomic E-state index is 0.280. The third kappa shape index (κ3) is 3.95. The Kier molecular flexibility index (Phi) is 5.72.